The summed E-state index contributed by atoms with van der Waals surface area (Å²) in [6, 6.07) is 10.7. The Labute approximate surface area is 114 Å². The standard InChI is InChI=1S/C16H21N3/c1-11-6-7-13(8-11)16(19-17)14-9-12-4-2-3-5-15(12)18-10-14/h2-5,9-11,13,16,19H,6-8,17H2,1H3. The summed E-state index contributed by atoms with van der Waals surface area (Å²) in [5.74, 6) is 7.24. The molecule has 3 nitrogen and oxygen atoms in total. The molecule has 1 aliphatic carbocycles. The second kappa shape index (κ2) is 5.27. The van der Waals surface area contributed by atoms with Crippen LogP contribution in [-0.2, 0) is 0 Å². The van der Waals surface area contributed by atoms with Crippen molar-refractivity contribution in [2.24, 2.45) is 17.7 Å². The van der Waals surface area contributed by atoms with E-state index in [-0.39, 0.29) is 6.04 Å². The molecular weight excluding hydrogens is 234 g/mol. The van der Waals surface area contributed by atoms with Crippen LogP contribution in [0.4, 0.5) is 0 Å². The molecule has 3 N–H and O–H groups in total. The fourth-order valence-corrected chi connectivity index (χ4v) is 3.32. The number of aromatic nitrogens is 1. The summed E-state index contributed by atoms with van der Waals surface area (Å²) in [5, 5.41) is 1.19. The van der Waals surface area contributed by atoms with Crippen molar-refractivity contribution in [1.82, 2.24) is 10.4 Å². The first kappa shape index (κ1) is 12.6. The molecule has 1 heterocycles. The fraction of sp³-hybridized carbons (Fsp3) is 0.438. The van der Waals surface area contributed by atoms with Crippen molar-refractivity contribution in [2.45, 2.75) is 32.2 Å². The van der Waals surface area contributed by atoms with Crippen LogP contribution >= 0.6 is 0 Å². The predicted molar refractivity (Wildman–Crippen MR) is 78.3 cm³/mol. The second-order valence-corrected chi connectivity index (χ2v) is 5.78. The summed E-state index contributed by atoms with van der Waals surface area (Å²) in [7, 11) is 0. The monoisotopic (exact) mass is 255 g/mol. The van der Waals surface area contributed by atoms with Gasteiger partial charge in [0.05, 0.1) is 11.6 Å². The van der Waals surface area contributed by atoms with Crippen LogP contribution in [-0.4, -0.2) is 4.98 Å². The molecule has 0 spiro atoms. The van der Waals surface area contributed by atoms with Gasteiger partial charge < -0.3 is 0 Å². The van der Waals surface area contributed by atoms with Crippen LogP contribution in [0.15, 0.2) is 36.5 Å². The first-order valence-corrected chi connectivity index (χ1v) is 7.08. The van der Waals surface area contributed by atoms with Crippen molar-refractivity contribution < 1.29 is 0 Å². The lowest BCUT2D eigenvalue weighted by atomic mass is 9.92. The quantitative estimate of drug-likeness (QED) is 0.654. The molecule has 1 fully saturated rings. The molecule has 1 saturated carbocycles. The third kappa shape index (κ3) is 2.48. The van der Waals surface area contributed by atoms with Gasteiger partial charge in [-0.1, -0.05) is 31.5 Å². The number of nitrogens with one attached hydrogen (secondary N) is 1. The summed E-state index contributed by atoms with van der Waals surface area (Å²) in [4.78, 5) is 4.54. The largest absolute Gasteiger partial charge is 0.271 e. The number of hydrogen-bond acceptors (Lipinski definition) is 3. The van der Waals surface area contributed by atoms with E-state index in [0.717, 1.165) is 11.4 Å². The number of nitrogens with two attached hydrogens (primary N) is 1. The number of fused-ring (bicyclic) bond motifs is 1. The highest BCUT2D eigenvalue weighted by Crippen LogP contribution is 2.38. The highest BCUT2D eigenvalue weighted by Gasteiger charge is 2.29. The van der Waals surface area contributed by atoms with Crippen LogP contribution in [0, 0.1) is 11.8 Å². The molecule has 0 amide bonds. The minimum Gasteiger partial charge on any atom is -0.271 e. The number of nitrogens with zero attached hydrogens (tertiary/aromatic N) is 1. The maximum atomic E-state index is 5.80. The zero-order valence-corrected chi connectivity index (χ0v) is 11.3. The Kier molecular flexibility index (Phi) is 3.49. The van der Waals surface area contributed by atoms with E-state index >= 15 is 0 Å². The molecule has 1 aromatic heterocycles. The average molecular weight is 255 g/mol. The molecule has 0 radical (unpaired) electrons. The van der Waals surface area contributed by atoms with E-state index in [1.165, 1.54) is 30.2 Å². The first-order chi connectivity index (χ1) is 9.28. The second-order valence-electron chi connectivity index (χ2n) is 5.78. The van der Waals surface area contributed by atoms with Crippen LogP contribution in [0.2, 0.25) is 0 Å². The number of para-hydroxylation sites is 1. The zero-order chi connectivity index (χ0) is 13.2. The third-order valence-corrected chi connectivity index (χ3v) is 4.36. The SMILES string of the molecule is CC1CCC(C(NN)c2cnc3ccccc3c2)C1. The lowest BCUT2D eigenvalue weighted by molar-refractivity contribution is 0.363. The van der Waals surface area contributed by atoms with Crippen LogP contribution in [0.1, 0.15) is 37.8 Å². The van der Waals surface area contributed by atoms with Crippen molar-refractivity contribution in [3.05, 3.63) is 42.1 Å². The van der Waals surface area contributed by atoms with Gasteiger partial charge in [0.25, 0.3) is 0 Å². The van der Waals surface area contributed by atoms with Crippen LogP contribution in [0.5, 0.6) is 0 Å². The average Bonchev–Trinajstić information content (AvgIpc) is 2.86. The summed E-state index contributed by atoms with van der Waals surface area (Å²) in [6.07, 6.45) is 5.78. The number of rotatable bonds is 3. The van der Waals surface area contributed by atoms with E-state index < -0.39 is 0 Å². The summed E-state index contributed by atoms with van der Waals surface area (Å²) < 4.78 is 0. The molecular formula is C16H21N3. The van der Waals surface area contributed by atoms with E-state index in [0.29, 0.717) is 5.92 Å². The summed E-state index contributed by atoms with van der Waals surface area (Å²) >= 11 is 0. The minimum atomic E-state index is 0.224. The van der Waals surface area contributed by atoms with E-state index in [9.17, 15) is 0 Å². The van der Waals surface area contributed by atoms with E-state index in [2.05, 4.69) is 35.5 Å². The number of benzene rings is 1. The number of hydrogen-bond donors (Lipinski definition) is 2. The molecule has 0 saturated heterocycles. The van der Waals surface area contributed by atoms with Gasteiger partial charge in [0.1, 0.15) is 0 Å². The van der Waals surface area contributed by atoms with Gasteiger partial charge in [-0.2, -0.15) is 0 Å². The molecule has 2 aromatic rings. The van der Waals surface area contributed by atoms with Gasteiger partial charge in [-0.25, -0.2) is 0 Å². The van der Waals surface area contributed by atoms with Gasteiger partial charge in [-0.05, 0) is 42.4 Å². The molecule has 19 heavy (non-hydrogen) atoms. The maximum Gasteiger partial charge on any atom is 0.0702 e. The fourth-order valence-electron chi connectivity index (χ4n) is 3.32. The Hall–Kier alpha value is -1.45. The zero-order valence-electron chi connectivity index (χ0n) is 11.3. The van der Waals surface area contributed by atoms with Gasteiger partial charge in [-0.15, -0.1) is 0 Å². The summed E-state index contributed by atoms with van der Waals surface area (Å²) in [5.41, 5.74) is 5.26. The Balaban J connectivity index is 1.92. The molecule has 1 aliphatic rings. The lowest BCUT2D eigenvalue weighted by Gasteiger charge is -2.23. The van der Waals surface area contributed by atoms with Crippen LogP contribution < -0.4 is 11.3 Å². The van der Waals surface area contributed by atoms with E-state index in [1.54, 1.807) is 0 Å². The number of hydrazine groups is 1. The lowest BCUT2D eigenvalue weighted by Crippen LogP contribution is -2.32. The molecule has 1 aromatic carbocycles. The molecule has 0 bridgehead atoms. The van der Waals surface area contributed by atoms with Crippen molar-refractivity contribution >= 4 is 10.9 Å². The van der Waals surface area contributed by atoms with Gasteiger partial charge in [0, 0.05) is 11.6 Å². The normalized spacial score (nSPS) is 24.7. The van der Waals surface area contributed by atoms with Crippen LogP contribution in [0.25, 0.3) is 10.9 Å². The van der Waals surface area contributed by atoms with Crippen molar-refractivity contribution in [3.8, 4) is 0 Å². The van der Waals surface area contributed by atoms with Gasteiger partial charge in [0.2, 0.25) is 0 Å². The third-order valence-electron chi connectivity index (χ3n) is 4.36. The molecule has 3 rings (SSSR count). The molecule has 3 atom stereocenters. The molecule has 3 unspecified atom stereocenters. The molecule has 3 heteroatoms. The van der Waals surface area contributed by atoms with E-state index in [1.807, 2.05) is 18.3 Å². The highest BCUT2D eigenvalue weighted by molar-refractivity contribution is 5.78. The Morgan fingerprint density at radius 3 is 2.89 bits per heavy atom. The maximum absolute atomic E-state index is 5.80. The smallest absolute Gasteiger partial charge is 0.0702 e. The summed E-state index contributed by atoms with van der Waals surface area (Å²) in [6.45, 7) is 2.33. The first-order valence-electron chi connectivity index (χ1n) is 7.08. The number of pyridine rings is 1. The Morgan fingerprint density at radius 2 is 2.16 bits per heavy atom. The van der Waals surface area contributed by atoms with Crippen molar-refractivity contribution in [1.29, 1.82) is 0 Å². The van der Waals surface area contributed by atoms with Crippen molar-refractivity contribution in [2.75, 3.05) is 0 Å². The van der Waals surface area contributed by atoms with Crippen molar-refractivity contribution in [3.63, 3.8) is 0 Å². The van der Waals surface area contributed by atoms with Gasteiger partial charge >= 0.3 is 0 Å². The Bertz CT molecular complexity index is 567. The predicted octanol–water partition coefficient (Wildman–Crippen LogP) is 3.18. The highest BCUT2D eigenvalue weighted by atomic mass is 15.2. The minimum absolute atomic E-state index is 0.224. The van der Waals surface area contributed by atoms with Gasteiger partial charge in [0.15, 0.2) is 0 Å². The topological polar surface area (TPSA) is 50.9 Å². The van der Waals surface area contributed by atoms with E-state index in [4.69, 9.17) is 5.84 Å². The van der Waals surface area contributed by atoms with Gasteiger partial charge in [-0.3, -0.25) is 16.3 Å². The Morgan fingerprint density at radius 1 is 1.32 bits per heavy atom. The van der Waals surface area contributed by atoms with Crippen LogP contribution in [0.3, 0.4) is 0 Å². The molecule has 100 valence electrons. The molecule has 0 aliphatic heterocycles.